The number of anilines is 2. The van der Waals surface area contributed by atoms with Crippen molar-refractivity contribution in [2.24, 2.45) is 5.92 Å². The molecular formula is C22H27N3O2. The van der Waals surface area contributed by atoms with E-state index < -0.39 is 0 Å². The van der Waals surface area contributed by atoms with Gasteiger partial charge in [-0.25, -0.2) is 4.79 Å². The van der Waals surface area contributed by atoms with Crippen LogP contribution in [0.5, 0.6) is 5.75 Å². The molecule has 0 radical (unpaired) electrons. The molecule has 2 fully saturated rings. The average molecular weight is 365 g/mol. The van der Waals surface area contributed by atoms with Gasteiger partial charge in [0.05, 0.1) is 24.5 Å². The molecule has 0 unspecified atom stereocenters. The van der Waals surface area contributed by atoms with Gasteiger partial charge in [-0.2, -0.15) is 0 Å². The molecule has 2 aromatic carbocycles. The van der Waals surface area contributed by atoms with Crippen molar-refractivity contribution in [3.05, 3.63) is 54.1 Å². The Balaban J connectivity index is 1.46. The zero-order valence-corrected chi connectivity index (χ0v) is 15.8. The van der Waals surface area contributed by atoms with Gasteiger partial charge in [-0.05, 0) is 61.4 Å². The van der Waals surface area contributed by atoms with Crippen molar-refractivity contribution in [2.45, 2.75) is 31.7 Å². The van der Waals surface area contributed by atoms with Crippen LogP contribution in [-0.4, -0.2) is 26.2 Å². The van der Waals surface area contributed by atoms with Gasteiger partial charge in [-0.3, -0.25) is 0 Å². The topological polar surface area (TPSA) is 53.6 Å². The summed E-state index contributed by atoms with van der Waals surface area (Å²) in [5.41, 5.74) is 3.11. The molecule has 2 aromatic rings. The van der Waals surface area contributed by atoms with Crippen LogP contribution in [-0.2, 0) is 0 Å². The van der Waals surface area contributed by atoms with Gasteiger partial charge in [0.15, 0.2) is 0 Å². The number of amides is 2. The van der Waals surface area contributed by atoms with Crippen molar-refractivity contribution >= 4 is 17.4 Å². The van der Waals surface area contributed by atoms with E-state index in [-0.39, 0.29) is 12.1 Å². The summed E-state index contributed by atoms with van der Waals surface area (Å²) in [4.78, 5) is 15.1. The number of nitrogens with zero attached hydrogens (tertiary/aromatic N) is 1. The van der Waals surface area contributed by atoms with Crippen molar-refractivity contribution in [3.8, 4) is 5.75 Å². The molecule has 1 saturated heterocycles. The lowest BCUT2D eigenvalue weighted by atomic mass is 10.0. The fourth-order valence-corrected chi connectivity index (χ4v) is 3.83. The second kappa shape index (κ2) is 7.91. The summed E-state index contributed by atoms with van der Waals surface area (Å²) in [7, 11) is 1.66. The number of rotatable bonds is 6. The molecular weight excluding hydrogens is 338 g/mol. The summed E-state index contributed by atoms with van der Waals surface area (Å²) in [5, 5.41) is 6.27. The van der Waals surface area contributed by atoms with Crippen molar-refractivity contribution in [1.82, 2.24) is 5.32 Å². The van der Waals surface area contributed by atoms with Crippen LogP contribution in [0.1, 0.15) is 37.3 Å². The molecule has 4 rings (SSSR count). The highest BCUT2D eigenvalue weighted by Gasteiger charge is 2.33. The minimum Gasteiger partial charge on any atom is -0.497 e. The van der Waals surface area contributed by atoms with Gasteiger partial charge in [-0.15, -0.1) is 0 Å². The Labute approximate surface area is 160 Å². The Hall–Kier alpha value is -2.69. The molecule has 0 aromatic heterocycles. The Morgan fingerprint density at radius 1 is 1.07 bits per heavy atom. The number of ether oxygens (including phenoxy) is 1. The lowest BCUT2D eigenvalue weighted by molar-refractivity contribution is 0.247. The number of para-hydroxylation sites is 2. The summed E-state index contributed by atoms with van der Waals surface area (Å²) in [6.45, 7) is 2.10. The lowest BCUT2D eigenvalue weighted by Crippen LogP contribution is -2.34. The van der Waals surface area contributed by atoms with E-state index in [1.54, 1.807) is 7.11 Å². The van der Waals surface area contributed by atoms with Crippen LogP contribution >= 0.6 is 0 Å². The summed E-state index contributed by atoms with van der Waals surface area (Å²) in [5.74, 6) is 1.34. The van der Waals surface area contributed by atoms with Gasteiger partial charge in [0.1, 0.15) is 5.75 Å². The van der Waals surface area contributed by atoms with Crippen molar-refractivity contribution in [3.63, 3.8) is 0 Å². The molecule has 2 N–H and O–H groups in total. The van der Waals surface area contributed by atoms with Crippen LogP contribution in [0.4, 0.5) is 16.2 Å². The highest BCUT2D eigenvalue weighted by molar-refractivity contribution is 5.93. The molecule has 0 bridgehead atoms. The van der Waals surface area contributed by atoms with Gasteiger partial charge >= 0.3 is 6.03 Å². The van der Waals surface area contributed by atoms with Gasteiger partial charge in [0, 0.05) is 13.1 Å². The van der Waals surface area contributed by atoms with Crippen LogP contribution < -0.4 is 20.3 Å². The Kier molecular flexibility index (Phi) is 5.19. The van der Waals surface area contributed by atoms with Crippen LogP contribution in [0, 0.1) is 5.92 Å². The first kappa shape index (κ1) is 17.7. The third-order valence-electron chi connectivity index (χ3n) is 5.45. The number of nitrogens with one attached hydrogen (secondary N) is 2. The quantitative estimate of drug-likeness (QED) is 0.788. The van der Waals surface area contributed by atoms with E-state index in [0.29, 0.717) is 5.92 Å². The minimum atomic E-state index is -0.144. The normalized spacial score (nSPS) is 17.4. The van der Waals surface area contributed by atoms with Crippen molar-refractivity contribution in [1.29, 1.82) is 0 Å². The molecule has 5 heteroatoms. The maximum Gasteiger partial charge on any atom is 0.319 e. The first-order valence-electron chi connectivity index (χ1n) is 9.80. The lowest BCUT2D eigenvalue weighted by Gasteiger charge is -2.23. The fraction of sp³-hybridized carbons (Fsp3) is 0.409. The zero-order chi connectivity index (χ0) is 18.6. The first-order valence-corrected chi connectivity index (χ1v) is 9.80. The number of carbonyl (C=O) groups excluding carboxylic acids is 1. The number of carbonyl (C=O) groups is 1. The summed E-state index contributed by atoms with van der Waals surface area (Å²) >= 11 is 0. The van der Waals surface area contributed by atoms with Crippen molar-refractivity contribution < 1.29 is 9.53 Å². The van der Waals surface area contributed by atoms with Gasteiger partial charge in [-0.1, -0.05) is 24.3 Å². The summed E-state index contributed by atoms with van der Waals surface area (Å²) in [6.07, 6.45) is 4.73. The van der Waals surface area contributed by atoms with Crippen LogP contribution in [0.3, 0.4) is 0 Å². The van der Waals surface area contributed by atoms with E-state index in [0.717, 1.165) is 48.6 Å². The molecule has 0 spiro atoms. The SMILES string of the molecule is COc1ccc([C@@H](NC(=O)Nc2ccccc2N2CCCC2)C2CC2)cc1. The third kappa shape index (κ3) is 4.18. The van der Waals surface area contributed by atoms with E-state index in [4.69, 9.17) is 4.74 Å². The van der Waals surface area contributed by atoms with Crippen LogP contribution in [0.15, 0.2) is 48.5 Å². The number of hydrogen-bond acceptors (Lipinski definition) is 3. The molecule has 1 heterocycles. The molecule has 27 heavy (non-hydrogen) atoms. The Bertz CT molecular complexity index is 780. The number of methoxy groups -OCH3 is 1. The number of benzene rings is 2. The average Bonchev–Trinajstić information content (AvgIpc) is 3.40. The smallest absolute Gasteiger partial charge is 0.319 e. The van der Waals surface area contributed by atoms with Gasteiger partial charge in [0.2, 0.25) is 0 Å². The Morgan fingerprint density at radius 3 is 2.44 bits per heavy atom. The van der Waals surface area contributed by atoms with Gasteiger partial charge in [0.25, 0.3) is 0 Å². The molecule has 1 aliphatic heterocycles. The van der Waals surface area contributed by atoms with Crippen molar-refractivity contribution in [2.75, 3.05) is 30.4 Å². The second-order valence-corrected chi connectivity index (χ2v) is 7.40. The first-order chi connectivity index (χ1) is 13.2. The van der Waals surface area contributed by atoms with E-state index in [9.17, 15) is 4.79 Å². The summed E-state index contributed by atoms with van der Waals surface area (Å²) in [6, 6.07) is 15.9. The highest BCUT2D eigenvalue weighted by Crippen LogP contribution is 2.41. The standard InChI is InChI=1S/C22H27N3O2/c1-27-18-12-10-17(11-13-18)21(16-8-9-16)24-22(26)23-19-6-2-3-7-20(19)25-14-4-5-15-25/h2-3,6-7,10-13,16,21H,4-5,8-9,14-15H2,1H3,(H2,23,24,26)/t21-/m0/s1. The van der Waals surface area contributed by atoms with E-state index in [1.165, 1.54) is 12.8 Å². The summed E-state index contributed by atoms with van der Waals surface area (Å²) < 4.78 is 5.24. The molecule has 1 saturated carbocycles. The molecule has 2 amide bonds. The minimum absolute atomic E-state index is 0.0369. The predicted molar refractivity (Wildman–Crippen MR) is 109 cm³/mol. The van der Waals surface area contributed by atoms with Crippen LogP contribution in [0.25, 0.3) is 0 Å². The van der Waals surface area contributed by atoms with Crippen LogP contribution in [0.2, 0.25) is 0 Å². The van der Waals surface area contributed by atoms with E-state index >= 15 is 0 Å². The zero-order valence-electron chi connectivity index (χ0n) is 15.8. The maximum atomic E-state index is 12.8. The van der Waals surface area contributed by atoms with E-state index in [2.05, 4.69) is 21.6 Å². The molecule has 1 atom stereocenters. The molecule has 142 valence electrons. The van der Waals surface area contributed by atoms with E-state index in [1.807, 2.05) is 42.5 Å². The fourth-order valence-electron chi connectivity index (χ4n) is 3.83. The highest BCUT2D eigenvalue weighted by atomic mass is 16.5. The molecule has 5 nitrogen and oxygen atoms in total. The second-order valence-electron chi connectivity index (χ2n) is 7.40. The molecule has 2 aliphatic rings. The number of hydrogen-bond donors (Lipinski definition) is 2. The third-order valence-corrected chi connectivity index (χ3v) is 5.45. The maximum absolute atomic E-state index is 12.8. The molecule has 1 aliphatic carbocycles. The largest absolute Gasteiger partial charge is 0.497 e. The Morgan fingerprint density at radius 2 is 1.78 bits per heavy atom. The predicted octanol–water partition coefficient (Wildman–Crippen LogP) is 4.57. The monoisotopic (exact) mass is 365 g/mol. The van der Waals surface area contributed by atoms with Gasteiger partial charge < -0.3 is 20.3 Å². The number of urea groups is 1.